The Balaban J connectivity index is 1.61. The van der Waals surface area contributed by atoms with Crippen LogP contribution in [0.5, 0.6) is 0 Å². The summed E-state index contributed by atoms with van der Waals surface area (Å²) in [6.07, 6.45) is 3.71. The van der Waals surface area contributed by atoms with Gasteiger partial charge in [0.25, 0.3) is 0 Å². The molecule has 6 nitrogen and oxygen atoms in total. The van der Waals surface area contributed by atoms with Crippen molar-refractivity contribution in [2.24, 2.45) is 5.10 Å². The minimum absolute atomic E-state index is 0.133. The maximum absolute atomic E-state index is 5.16. The van der Waals surface area contributed by atoms with Gasteiger partial charge in [-0.15, -0.1) is 5.10 Å². The molecule has 154 valence electrons. The van der Waals surface area contributed by atoms with Gasteiger partial charge in [-0.2, -0.15) is 5.10 Å². The van der Waals surface area contributed by atoms with Gasteiger partial charge in [0.1, 0.15) is 17.6 Å². The molecule has 6 heteroatoms. The number of anilines is 1. The summed E-state index contributed by atoms with van der Waals surface area (Å²) in [6.45, 7) is 0. The van der Waals surface area contributed by atoms with Crippen LogP contribution in [0.4, 0.5) is 5.69 Å². The summed E-state index contributed by atoms with van der Waals surface area (Å²) < 4.78 is 2.00. The van der Waals surface area contributed by atoms with Gasteiger partial charge in [0, 0.05) is 18.0 Å². The van der Waals surface area contributed by atoms with Gasteiger partial charge < -0.3 is 0 Å². The van der Waals surface area contributed by atoms with Gasteiger partial charge in [-0.25, -0.2) is 4.68 Å². The molecule has 0 aliphatic carbocycles. The van der Waals surface area contributed by atoms with Crippen molar-refractivity contribution in [1.82, 2.24) is 20.0 Å². The van der Waals surface area contributed by atoms with Crippen molar-refractivity contribution in [2.75, 3.05) is 5.01 Å². The minimum atomic E-state index is -0.186. The summed E-state index contributed by atoms with van der Waals surface area (Å²) in [5.41, 5.74) is 5.92. The van der Waals surface area contributed by atoms with Crippen molar-refractivity contribution >= 4 is 22.4 Å². The highest BCUT2D eigenvalue weighted by Crippen LogP contribution is 2.43. The lowest BCUT2D eigenvalue weighted by Gasteiger charge is -2.28. The Morgan fingerprint density at radius 1 is 0.688 bits per heavy atom. The van der Waals surface area contributed by atoms with Crippen LogP contribution in [0.25, 0.3) is 11.0 Å². The number of pyridine rings is 1. The molecule has 3 heterocycles. The molecule has 0 bridgehead atoms. The fourth-order valence-electron chi connectivity index (χ4n) is 4.37. The molecule has 0 fully saturated rings. The first-order valence-corrected chi connectivity index (χ1v) is 10.6. The summed E-state index contributed by atoms with van der Waals surface area (Å²) in [4.78, 5) is 4.41. The number of hydrazone groups is 1. The van der Waals surface area contributed by atoms with Gasteiger partial charge in [-0.1, -0.05) is 71.9 Å². The number of para-hydroxylation sites is 2. The van der Waals surface area contributed by atoms with Crippen LogP contribution in [0.1, 0.15) is 23.2 Å². The van der Waals surface area contributed by atoms with Crippen LogP contribution >= 0.6 is 0 Å². The highest BCUT2D eigenvalue weighted by atomic mass is 15.5. The molecule has 2 atom stereocenters. The average Bonchev–Trinajstić information content (AvgIpc) is 3.47. The average molecular weight is 416 g/mol. The Hall–Kier alpha value is -4.32. The van der Waals surface area contributed by atoms with Crippen LogP contribution in [0.3, 0.4) is 0 Å². The normalized spacial score (nSPS) is 18.1. The molecule has 0 N–H and O–H groups in total. The van der Waals surface area contributed by atoms with Crippen LogP contribution < -0.4 is 5.01 Å². The first-order chi connectivity index (χ1) is 15.9. The fraction of sp³-hybridized carbons (Fsp3) is 0.0769. The van der Waals surface area contributed by atoms with Crippen LogP contribution in [-0.2, 0) is 0 Å². The van der Waals surface area contributed by atoms with E-state index in [1.54, 1.807) is 6.20 Å². The van der Waals surface area contributed by atoms with Crippen molar-refractivity contribution in [3.05, 3.63) is 121 Å². The van der Waals surface area contributed by atoms with E-state index in [9.17, 15) is 0 Å². The van der Waals surface area contributed by atoms with E-state index >= 15 is 0 Å². The highest BCUT2D eigenvalue weighted by molar-refractivity contribution is 6.06. The molecular weight excluding hydrogens is 396 g/mol. The van der Waals surface area contributed by atoms with E-state index in [0.29, 0.717) is 0 Å². The van der Waals surface area contributed by atoms with Crippen molar-refractivity contribution < 1.29 is 0 Å². The standard InChI is InChI=1S/C26H20N6/c1-3-10-19(11-4-1)24-26(32-23-16-8-7-15-22(23)28-30-32)25(20-12-9-17-27-18-20)31(29-24)21-13-5-2-6-14-21/h1-18,25-26H/t25-,26-/m0/s1. The fourth-order valence-corrected chi connectivity index (χ4v) is 4.37. The second-order valence-electron chi connectivity index (χ2n) is 7.73. The molecule has 0 radical (unpaired) electrons. The van der Waals surface area contributed by atoms with E-state index in [0.717, 1.165) is 33.6 Å². The number of aromatic nitrogens is 4. The van der Waals surface area contributed by atoms with Crippen molar-refractivity contribution in [2.45, 2.75) is 12.1 Å². The molecule has 32 heavy (non-hydrogen) atoms. The molecule has 6 rings (SSSR count). The van der Waals surface area contributed by atoms with E-state index < -0.39 is 0 Å². The van der Waals surface area contributed by atoms with Crippen LogP contribution in [0.2, 0.25) is 0 Å². The topological polar surface area (TPSA) is 59.2 Å². The summed E-state index contributed by atoms with van der Waals surface area (Å²) >= 11 is 0. The van der Waals surface area contributed by atoms with Gasteiger partial charge in [0.15, 0.2) is 0 Å². The first-order valence-electron chi connectivity index (χ1n) is 10.6. The third-order valence-corrected chi connectivity index (χ3v) is 5.82. The van der Waals surface area contributed by atoms with Crippen LogP contribution in [0.15, 0.2) is 115 Å². The number of hydrogen-bond donors (Lipinski definition) is 0. The smallest absolute Gasteiger partial charge is 0.125 e. The Kier molecular flexibility index (Phi) is 4.46. The van der Waals surface area contributed by atoms with Gasteiger partial charge in [0.2, 0.25) is 0 Å². The Labute approximate surface area is 185 Å². The molecule has 1 aliphatic heterocycles. The lowest BCUT2D eigenvalue weighted by atomic mass is 9.93. The number of rotatable bonds is 4. The zero-order valence-corrected chi connectivity index (χ0v) is 17.2. The molecule has 0 unspecified atom stereocenters. The molecule has 0 spiro atoms. The van der Waals surface area contributed by atoms with E-state index in [2.05, 4.69) is 56.7 Å². The lowest BCUT2D eigenvalue weighted by molar-refractivity contribution is 0.485. The van der Waals surface area contributed by atoms with Gasteiger partial charge >= 0.3 is 0 Å². The zero-order valence-electron chi connectivity index (χ0n) is 17.2. The van der Waals surface area contributed by atoms with Crippen LogP contribution in [-0.4, -0.2) is 25.7 Å². The summed E-state index contributed by atoms with van der Waals surface area (Å²) in [7, 11) is 0. The molecule has 0 amide bonds. The van der Waals surface area contributed by atoms with E-state index in [4.69, 9.17) is 5.10 Å². The summed E-state index contributed by atoms with van der Waals surface area (Å²) in [6, 6.07) is 32.3. The zero-order chi connectivity index (χ0) is 21.3. The maximum atomic E-state index is 5.16. The molecule has 2 aromatic heterocycles. The van der Waals surface area contributed by atoms with E-state index in [1.165, 1.54) is 0 Å². The van der Waals surface area contributed by atoms with E-state index in [1.807, 2.05) is 71.5 Å². The van der Waals surface area contributed by atoms with Crippen molar-refractivity contribution in [3.63, 3.8) is 0 Å². The third-order valence-electron chi connectivity index (χ3n) is 5.82. The van der Waals surface area contributed by atoms with Gasteiger partial charge in [-0.05, 0) is 35.9 Å². The quantitative estimate of drug-likeness (QED) is 0.412. The second-order valence-corrected chi connectivity index (χ2v) is 7.73. The minimum Gasteiger partial charge on any atom is -0.264 e. The Morgan fingerprint density at radius 2 is 1.44 bits per heavy atom. The number of benzene rings is 3. The first kappa shape index (κ1) is 18.4. The van der Waals surface area contributed by atoms with Gasteiger partial charge in [-0.3, -0.25) is 9.99 Å². The Morgan fingerprint density at radius 3 is 2.22 bits per heavy atom. The summed E-state index contributed by atoms with van der Waals surface area (Å²) in [5, 5.41) is 16.3. The number of fused-ring (bicyclic) bond motifs is 1. The molecule has 0 saturated heterocycles. The number of hydrogen-bond acceptors (Lipinski definition) is 5. The van der Waals surface area contributed by atoms with E-state index in [-0.39, 0.29) is 12.1 Å². The number of nitrogens with zero attached hydrogens (tertiary/aromatic N) is 6. The highest BCUT2D eigenvalue weighted by Gasteiger charge is 2.42. The van der Waals surface area contributed by atoms with Crippen LogP contribution in [0, 0.1) is 0 Å². The van der Waals surface area contributed by atoms with Crippen molar-refractivity contribution in [1.29, 1.82) is 0 Å². The molecular formula is C26H20N6. The second kappa shape index (κ2) is 7.74. The molecule has 5 aromatic rings. The third kappa shape index (κ3) is 3.04. The maximum Gasteiger partial charge on any atom is 0.125 e. The largest absolute Gasteiger partial charge is 0.264 e. The summed E-state index contributed by atoms with van der Waals surface area (Å²) in [5.74, 6) is 0. The predicted octanol–water partition coefficient (Wildman–Crippen LogP) is 5.03. The predicted molar refractivity (Wildman–Crippen MR) is 125 cm³/mol. The lowest BCUT2D eigenvalue weighted by Crippen LogP contribution is -2.29. The Bertz CT molecular complexity index is 1380. The molecule has 0 saturated carbocycles. The molecule has 3 aromatic carbocycles. The van der Waals surface area contributed by atoms with Gasteiger partial charge in [0.05, 0.1) is 16.9 Å². The monoisotopic (exact) mass is 416 g/mol. The molecule has 1 aliphatic rings. The SMILES string of the molecule is c1ccc(C2=NN(c3ccccc3)[C@@H](c3cccnc3)[C@H]2n2nnc3ccccc32)cc1. The van der Waals surface area contributed by atoms with Crippen molar-refractivity contribution in [3.8, 4) is 0 Å².